The van der Waals surface area contributed by atoms with Crippen LogP contribution in [0.5, 0.6) is 0 Å². The molecule has 0 saturated carbocycles. The molecule has 0 bridgehead atoms. The van der Waals surface area contributed by atoms with E-state index in [1.807, 2.05) is 0 Å². The molecule has 0 radical (unpaired) electrons. The first-order valence-electron chi connectivity index (χ1n) is 6.53. The summed E-state index contributed by atoms with van der Waals surface area (Å²) < 4.78 is 6.12. The summed E-state index contributed by atoms with van der Waals surface area (Å²) >= 11 is 0. The van der Waals surface area contributed by atoms with Crippen molar-refractivity contribution >= 4 is 0 Å². The van der Waals surface area contributed by atoms with Crippen LogP contribution in [0.3, 0.4) is 0 Å². The normalized spacial score (nSPS) is 25.7. The van der Waals surface area contributed by atoms with E-state index in [2.05, 4.69) is 53.4 Å². The summed E-state index contributed by atoms with van der Waals surface area (Å²) in [5.74, 6) is 0. The minimum Gasteiger partial charge on any atom is -0.367 e. The highest BCUT2D eigenvalue weighted by Crippen LogP contribution is 2.33. The lowest BCUT2D eigenvalue weighted by atomic mass is 9.90. The van der Waals surface area contributed by atoms with Gasteiger partial charge in [-0.25, -0.2) is 0 Å². The second-order valence-corrected chi connectivity index (χ2v) is 7.04. The molecule has 0 N–H and O–H groups in total. The summed E-state index contributed by atoms with van der Waals surface area (Å²) in [6.45, 7) is 17.8. The van der Waals surface area contributed by atoms with Crippen LogP contribution >= 0.6 is 0 Å². The monoisotopic (exact) mass is 227 g/mol. The first-order chi connectivity index (χ1) is 7.08. The van der Waals surface area contributed by atoms with E-state index in [0.29, 0.717) is 0 Å². The second kappa shape index (κ2) is 4.30. The van der Waals surface area contributed by atoms with Gasteiger partial charge < -0.3 is 4.74 Å². The van der Waals surface area contributed by atoms with Gasteiger partial charge in [0.05, 0.1) is 11.2 Å². The Morgan fingerprint density at radius 3 is 1.88 bits per heavy atom. The summed E-state index contributed by atoms with van der Waals surface area (Å²) in [7, 11) is 0. The lowest BCUT2D eigenvalue weighted by molar-refractivity contribution is -0.197. The zero-order valence-corrected chi connectivity index (χ0v) is 12.2. The van der Waals surface area contributed by atoms with E-state index >= 15 is 0 Å². The van der Waals surface area contributed by atoms with Crippen molar-refractivity contribution in [1.29, 1.82) is 0 Å². The van der Waals surface area contributed by atoms with Crippen molar-refractivity contribution in [3.8, 4) is 0 Å². The Labute approximate surface area is 101 Å². The fraction of sp³-hybridized carbons (Fsp3) is 1.00. The highest BCUT2D eigenvalue weighted by molar-refractivity contribution is 4.95. The third-order valence-electron chi connectivity index (χ3n) is 3.41. The highest BCUT2D eigenvalue weighted by Gasteiger charge is 2.42. The van der Waals surface area contributed by atoms with Crippen LogP contribution in [-0.2, 0) is 4.74 Å². The van der Waals surface area contributed by atoms with Gasteiger partial charge in [-0.15, -0.1) is 0 Å². The average Bonchev–Trinajstić information content (AvgIpc) is 1.97. The molecule has 1 fully saturated rings. The van der Waals surface area contributed by atoms with E-state index in [-0.39, 0.29) is 16.7 Å². The van der Waals surface area contributed by atoms with Crippen molar-refractivity contribution in [1.82, 2.24) is 4.90 Å². The standard InChI is InChI=1S/C14H29NO/c1-8-9-12(2,3)15-10-13(4,5)16-14(6,7)11-15/h8-11H2,1-7H3. The molecule has 2 heteroatoms. The van der Waals surface area contributed by atoms with Gasteiger partial charge in [0.25, 0.3) is 0 Å². The maximum Gasteiger partial charge on any atom is 0.0760 e. The molecule has 0 aliphatic carbocycles. The van der Waals surface area contributed by atoms with Gasteiger partial charge in [0.15, 0.2) is 0 Å². The van der Waals surface area contributed by atoms with Gasteiger partial charge in [0, 0.05) is 18.6 Å². The summed E-state index contributed by atoms with van der Waals surface area (Å²) in [4.78, 5) is 2.60. The summed E-state index contributed by atoms with van der Waals surface area (Å²) in [6, 6.07) is 0. The van der Waals surface area contributed by atoms with E-state index in [9.17, 15) is 0 Å². The van der Waals surface area contributed by atoms with Crippen molar-refractivity contribution in [3.63, 3.8) is 0 Å². The zero-order chi connectivity index (χ0) is 12.6. The van der Waals surface area contributed by atoms with Crippen molar-refractivity contribution in [2.24, 2.45) is 0 Å². The van der Waals surface area contributed by atoms with Crippen molar-refractivity contribution < 1.29 is 4.74 Å². The number of morpholine rings is 1. The molecule has 96 valence electrons. The molecule has 1 rings (SSSR count). The molecule has 1 heterocycles. The van der Waals surface area contributed by atoms with Crippen molar-refractivity contribution in [2.45, 2.75) is 78.0 Å². The molecular formula is C14H29NO. The third kappa shape index (κ3) is 3.46. The smallest absolute Gasteiger partial charge is 0.0760 e. The van der Waals surface area contributed by atoms with E-state index in [4.69, 9.17) is 4.74 Å². The molecule has 16 heavy (non-hydrogen) atoms. The molecule has 1 aliphatic heterocycles. The Kier molecular flexibility index (Phi) is 3.76. The van der Waals surface area contributed by atoms with Crippen LogP contribution in [-0.4, -0.2) is 34.7 Å². The van der Waals surface area contributed by atoms with Crippen LogP contribution in [0.4, 0.5) is 0 Å². The van der Waals surface area contributed by atoms with Gasteiger partial charge in [0.1, 0.15) is 0 Å². The van der Waals surface area contributed by atoms with E-state index in [1.165, 1.54) is 12.8 Å². The SMILES string of the molecule is CCCC(C)(C)N1CC(C)(C)OC(C)(C)C1. The van der Waals surface area contributed by atoms with Crippen LogP contribution in [0.25, 0.3) is 0 Å². The van der Waals surface area contributed by atoms with Crippen LogP contribution in [0, 0.1) is 0 Å². The van der Waals surface area contributed by atoms with Gasteiger partial charge in [-0.2, -0.15) is 0 Å². The molecule has 2 nitrogen and oxygen atoms in total. The Balaban J connectivity index is 2.81. The topological polar surface area (TPSA) is 12.5 Å². The van der Waals surface area contributed by atoms with E-state index < -0.39 is 0 Å². The summed E-state index contributed by atoms with van der Waals surface area (Å²) in [6.07, 6.45) is 2.49. The highest BCUT2D eigenvalue weighted by atomic mass is 16.5. The first kappa shape index (κ1) is 14.0. The fourth-order valence-electron chi connectivity index (χ4n) is 2.99. The van der Waals surface area contributed by atoms with Gasteiger partial charge >= 0.3 is 0 Å². The van der Waals surface area contributed by atoms with Gasteiger partial charge in [0.2, 0.25) is 0 Å². The average molecular weight is 227 g/mol. The predicted molar refractivity (Wildman–Crippen MR) is 69.8 cm³/mol. The molecule has 0 aromatic rings. The molecule has 1 saturated heterocycles. The summed E-state index contributed by atoms with van der Waals surface area (Å²) in [5.41, 5.74) is 0.215. The number of rotatable bonds is 3. The minimum atomic E-state index is -0.0350. The lowest BCUT2D eigenvalue weighted by Gasteiger charge is -2.52. The zero-order valence-electron chi connectivity index (χ0n) is 12.2. The van der Waals surface area contributed by atoms with Crippen LogP contribution < -0.4 is 0 Å². The Morgan fingerprint density at radius 1 is 1.06 bits per heavy atom. The molecule has 0 unspecified atom stereocenters. The quantitative estimate of drug-likeness (QED) is 0.732. The van der Waals surface area contributed by atoms with E-state index in [1.54, 1.807) is 0 Å². The van der Waals surface area contributed by atoms with Gasteiger partial charge in [-0.05, 0) is 48.0 Å². The molecule has 0 aromatic carbocycles. The predicted octanol–water partition coefficient (Wildman–Crippen LogP) is 3.45. The number of hydrogen-bond acceptors (Lipinski definition) is 2. The van der Waals surface area contributed by atoms with Crippen LogP contribution in [0.15, 0.2) is 0 Å². The molecule has 0 spiro atoms. The van der Waals surface area contributed by atoms with E-state index in [0.717, 1.165) is 13.1 Å². The third-order valence-corrected chi connectivity index (χ3v) is 3.41. The number of nitrogens with zero attached hydrogens (tertiary/aromatic N) is 1. The van der Waals surface area contributed by atoms with Crippen molar-refractivity contribution in [2.75, 3.05) is 13.1 Å². The van der Waals surface area contributed by atoms with Crippen LogP contribution in [0.2, 0.25) is 0 Å². The van der Waals surface area contributed by atoms with Gasteiger partial charge in [-0.3, -0.25) is 4.90 Å². The molecule has 0 amide bonds. The maximum absolute atomic E-state index is 6.12. The molecule has 1 aliphatic rings. The Morgan fingerprint density at radius 2 is 1.50 bits per heavy atom. The first-order valence-corrected chi connectivity index (χ1v) is 6.53. The largest absolute Gasteiger partial charge is 0.367 e. The minimum absolute atomic E-state index is 0.0350. The lowest BCUT2D eigenvalue weighted by Crippen LogP contribution is -2.62. The van der Waals surface area contributed by atoms with Crippen LogP contribution in [0.1, 0.15) is 61.3 Å². The maximum atomic E-state index is 6.12. The summed E-state index contributed by atoms with van der Waals surface area (Å²) in [5, 5.41) is 0. The number of ether oxygens (including phenoxy) is 1. The Hall–Kier alpha value is -0.0800. The molecule has 0 atom stereocenters. The molecule has 0 aromatic heterocycles. The van der Waals surface area contributed by atoms with Crippen molar-refractivity contribution in [3.05, 3.63) is 0 Å². The van der Waals surface area contributed by atoms with Gasteiger partial charge in [-0.1, -0.05) is 13.3 Å². The molecular weight excluding hydrogens is 198 g/mol. The second-order valence-electron chi connectivity index (χ2n) is 7.04. The fourth-order valence-corrected chi connectivity index (χ4v) is 2.99. The Bertz CT molecular complexity index is 227. The number of hydrogen-bond donors (Lipinski definition) is 0.